The van der Waals surface area contributed by atoms with Gasteiger partial charge in [-0.15, -0.1) is 0 Å². The lowest BCUT2D eigenvalue weighted by molar-refractivity contribution is -0.384. The maximum absolute atomic E-state index is 10.7. The summed E-state index contributed by atoms with van der Waals surface area (Å²) < 4.78 is 5.61. The summed E-state index contributed by atoms with van der Waals surface area (Å²) in [6.45, 7) is 1.60. The van der Waals surface area contributed by atoms with Crippen molar-refractivity contribution in [3.63, 3.8) is 0 Å². The molecule has 1 aliphatic rings. The fourth-order valence-corrected chi connectivity index (χ4v) is 2.95. The molecule has 22 heavy (non-hydrogen) atoms. The molecular formula is C16H24N2O4. The number of ether oxygens (including phenoxy) is 1. The van der Waals surface area contributed by atoms with Gasteiger partial charge in [0.1, 0.15) is 12.4 Å². The molecule has 1 saturated carbocycles. The van der Waals surface area contributed by atoms with Crippen LogP contribution < -0.4 is 4.74 Å². The van der Waals surface area contributed by atoms with E-state index < -0.39 is 4.92 Å². The van der Waals surface area contributed by atoms with Gasteiger partial charge < -0.3 is 14.7 Å². The normalized spacial score (nSPS) is 21.8. The van der Waals surface area contributed by atoms with Crippen LogP contribution in [0.5, 0.6) is 5.75 Å². The minimum Gasteiger partial charge on any atom is -0.492 e. The van der Waals surface area contributed by atoms with E-state index >= 15 is 0 Å². The van der Waals surface area contributed by atoms with Gasteiger partial charge in [-0.25, -0.2) is 0 Å². The molecule has 1 N–H and O–H groups in total. The molecule has 2 rings (SSSR count). The second-order valence-corrected chi connectivity index (χ2v) is 5.94. The highest BCUT2D eigenvalue weighted by Gasteiger charge is 2.23. The number of nitro groups is 1. The molecule has 122 valence electrons. The van der Waals surface area contributed by atoms with Crippen molar-refractivity contribution in [3.05, 3.63) is 34.4 Å². The van der Waals surface area contributed by atoms with Gasteiger partial charge in [-0.05, 0) is 44.7 Å². The Morgan fingerprint density at radius 2 is 2.09 bits per heavy atom. The van der Waals surface area contributed by atoms with Gasteiger partial charge >= 0.3 is 0 Å². The van der Waals surface area contributed by atoms with Crippen LogP contribution in [-0.4, -0.2) is 47.8 Å². The highest BCUT2D eigenvalue weighted by molar-refractivity contribution is 5.37. The van der Waals surface area contributed by atoms with E-state index in [0.29, 0.717) is 30.9 Å². The van der Waals surface area contributed by atoms with Crippen LogP contribution in [0.4, 0.5) is 5.69 Å². The number of benzene rings is 1. The van der Waals surface area contributed by atoms with E-state index in [4.69, 9.17) is 9.84 Å². The van der Waals surface area contributed by atoms with Gasteiger partial charge in [0.15, 0.2) is 0 Å². The SMILES string of the molecule is CN(CCOc1cccc([N+](=O)[O-])c1)C1CCC(CO)CC1. The van der Waals surface area contributed by atoms with E-state index in [9.17, 15) is 10.1 Å². The maximum atomic E-state index is 10.7. The first-order valence-electron chi connectivity index (χ1n) is 7.78. The topological polar surface area (TPSA) is 75.8 Å². The minimum atomic E-state index is -0.418. The number of rotatable bonds is 7. The third kappa shape index (κ3) is 4.68. The lowest BCUT2D eigenvalue weighted by Crippen LogP contribution is -2.38. The van der Waals surface area contributed by atoms with Crippen molar-refractivity contribution in [1.82, 2.24) is 4.90 Å². The van der Waals surface area contributed by atoms with E-state index in [1.165, 1.54) is 12.1 Å². The summed E-state index contributed by atoms with van der Waals surface area (Å²) in [5.74, 6) is 0.998. The molecule has 0 aromatic heterocycles. The van der Waals surface area contributed by atoms with E-state index in [1.807, 2.05) is 0 Å². The minimum absolute atomic E-state index is 0.0492. The molecule has 6 heteroatoms. The predicted molar refractivity (Wildman–Crippen MR) is 84.1 cm³/mol. The van der Waals surface area contributed by atoms with Crippen LogP contribution in [0.15, 0.2) is 24.3 Å². The summed E-state index contributed by atoms with van der Waals surface area (Å²) in [5.41, 5.74) is 0.0492. The Balaban J connectivity index is 1.74. The van der Waals surface area contributed by atoms with E-state index in [-0.39, 0.29) is 5.69 Å². The molecule has 1 fully saturated rings. The Morgan fingerprint density at radius 3 is 2.73 bits per heavy atom. The molecule has 0 heterocycles. The van der Waals surface area contributed by atoms with Gasteiger partial charge in [-0.2, -0.15) is 0 Å². The Hall–Kier alpha value is -1.66. The van der Waals surface area contributed by atoms with Gasteiger partial charge in [0.05, 0.1) is 11.0 Å². The van der Waals surface area contributed by atoms with Gasteiger partial charge in [0, 0.05) is 25.3 Å². The molecule has 0 spiro atoms. The van der Waals surface area contributed by atoms with Gasteiger partial charge in [0.2, 0.25) is 0 Å². The number of likely N-dealkylation sites (N-methyl/N-ethyl adjacent to an activating group) is 1. The van der Waals surface area contributed by atoms with Crippen LogP contribution in [0.2, 0.25) is 0 Å². The smallest absolute Gasteiger partial charge is 0.273 e. The largest absolute Gasteiger partial charge is 0.492 e. The Labute approximate surface area is 130 Å². The molecule has 0 amide bonds. The Bertz CT molecular complexity index is 487. The molecule has 1 aromatic carbocycles. The summed E-state index contributed by atoms with van der Waals surface area (Å²) in [5, 5.41) is 19.9. The number of non-ortho nitro benzene ring substituents is 1. The highest BCUT2D eigenvalue weighted by atomic mass is 16.6. The van der Waals surface area contributed by atoms with Crippen molar-refractivity contribution in [2.45, 2.75) is 31.7 Å². The summed E-state index contributed by atoms with van der Waals surface area (Å²) in [7, 11) is 2.08. The number of aliphatic hydroxyl groups is 1. The third-order valence-corrected chi connectivity index (χ3v) is 4.44. The monoisotopic (exact) mass is 308 g/mol. The molecule has 0 unspecified atom stereocenters. The molecule has 0 saturated heterocycles. The number of hydrogen-bond donors (Lipinski definition) is 1. The second kappa shape index (κ2) is 8.10. The number of nitro benzene ring substituents is 1. The van der Waals surface area contributed by atoms with Crippen molar-refractivity contribution in [2.75, 3.05) is 26.8 Å². The lowest BCUT2D eigenvalue weighted by Gasteiger charge is -2.34. The average molecular weight is 308 g/mol. The van der Waals surface area contributed by atoms with E-state index in [1.54, 1.807) is 12.1 Å². The van der Waals surface area contributed by atoms with Crippen LogP contribution in [-0.2, 0) is 0 Å². The fraction of sp³-hybridized carbons (Fsp3) is 0.625. The van der Waals surface area contributed by atoms with Crippen molar-refractivity contribution >= 4 is 5.69 Å². The van der Waals surface area contributed by atoms with Crippen LogP contribution in [0, 0.1) is 16.0 Å². The number of nitrogens with zero attached hydrogens (tertiary/aromatic N) is 2. The van der Waals surface area contributed by atoms with Crippen LogP contribution >= 0.6 is 0 Å². The molecule has 1 aromatic rings. The first-order chi connectivity index (χ1) is 10.6. The van der Waals surface area contributed by atoms with Crippen molar-refractivity contribution < 1.29 is 14.8 Å². The Morgan fingerprint density at radius 1 is 1.36 bits per heavy atom. The fourth-order valence-electron chi connectivity index (χ4n) is 2.95. The quantitative estimate of drug-likeness (QED) is 0.618. The van der Waals surface area contributed by atoms with Crippen LogP contribution in [0.3, 0.4) is 0 Å². The molecule has 0 radical (unpaired) electrons. The molecule has 1 aliphatic carbocycles. The van der Waals surface area contributed by atoms with Crippen LogP contribution in [0.1, 0.15) is 25.7 Å². The average Bonchev–Trinajstić information content (AvgIpc) is 2.55. The molecular weight excluding hydrogens is 284 g/mol. The molecule has 6 nitrogen and oxygen atoms in total. The zero-order valence-corrected chi connectivity index (χ0v) is 13.0. The number of hydrogen-bond acceptors (Lipinski definition) is 5. The highest BCUT2D eigenvalue weighted by Crippen LogP contribution is 2.26. The van der Waals surface area contributed by atoms with Gasteiger partial charge in [-0.3, -0.25) is 10.1 Å². The summed E-state index contributed by atoms with van der Waals surface area (Å²) in [4.78, 5) is 12.6. The van der Waals surface area contributed by atoms with E-state index in [2.05, 4.69) is 11.9 Å². The predicted octanol–water partition coefficient (Wildman–Crippen LogP) is 2.46. The van der Waals surface area contributed by atoms with Crippen LogP contribution in [0.25, 0.3) is 0 Å². The summed E-state index contributed by atoms with van der Waals surface area (Å²) in [6, 6.07) is 6.81. The second-order valence-electron chi connectivity index (χ2n) is 5.94. The zero-order valence-electron chi connectivity index (χ0n) is 13.0. The van der Waals surface area contributed by atoms with E-state index in [0.717, 1.165) is 32.2 Å². The summed E-state index contributed by atoms with van der Waals surface area (Å²) in [6.07, 6.45) is 4.38. The molecule has 0 atom stereocenters. The zero-order chi connectivity index (χ0) is 15.9. The van der Waals surface area contributed by atoms with Crippen molar-refractivity contribution in [2.24, 2.45) is 5.92 Å². The Kier molecular flexibility index (Phi) is 6.15. The van der Waals surface area contributed by atoms with Crippen molar-refractivity contribution in [1.29, 1.82) is 0 Å². The summed E-state index contributed by atoms with van der Waals surface area (Å²) >= 11 is 0. The third-order valence-electron chi connectivity index (χ3n) is 4.44. The standard InChI is InChI=1S/C16H24N2O4/c1-17(14-7-5-13(12-19)6-8-14)9-10-22-16-4-2-3-15(11-16)18(20)21/h2-4,11,13-14,19H,5-10,12H2,1H3. The first-order valence-corrected chi connectivity index (χ1v) is 7.78. The molecule has 0 aliphatic heterocycles. The number of aliphatic hydroxyl groups excluding tert-OH is 1. The first kappa shape index (κ1) is 16.7. The lowest BCUT2D eigenvalue weighted by atomic mass is 9.86. The molecule has 0 bridgehead atoms. The maximum Gasteiger partial charge on any atom is 0.273 e. The van der Waals surface area contributed by atoms with Crippen molar-refractivity contribution in [3.8, 4) is 5.75 Å². The van der Waals surface area contributed by atoms with Gasteiger partial charge in [0.25, 0.3) is 5.69 Å². The van der Waals surface area contributed by atoms with Gasteiger partial charge in [-0.1, -0.05) is 6.07 Å².